The van der Waals surface area contributed by atoms with Crippen molar-refractivity contribution in [1.29, 1.82) is 0 Å². The van der Waals surface area contributed by atoms with Crippen LogP contribution < -0.4 is 0 Å². The van der Waals surface area contributed by atoms with Crippen molar-refractivity contribution in [1.82, 2.24) is 0 Å². The molecule has 0 aromatic rings. The molecule has 0 aromatic carbocycles. The maximum absolute atomic E-state index is 10.7. The molecule has 4 nitrogen and oxygen atoms in total. The molecule has 0 aromatic heterocycles. The van der Waals surface area contributed by atoms with Gasteiger partial charge in [0.25, 0.3) is 0 Å². The lowest BCUT2D eigenvalue weighted by atomic mass is 10.3. The summed E-state index contributed by atoms with van der Waals surface area (Å²) < 4.78 is 21.4. The molecule has 0 bridgehead atoms. The van der Waals surface area contributed by atoms with Crippen LogP contribution in [0.2, 0.25) is 0 Å². The molecule has 1 fully saturated rings. The van der Waals surface area contributed by atoms with E-state index in [9.17, 15) is 8.42 Å². The first-order chi connectivity index (χ1) is 4.93. The van der Waals surface area contributed by atoms with E-state index in [2.05, 4.69) is 0 Å². The minimum absolute atomic E-state index is 0.230. The molecule has 3 atom stereocenters. The topological polar surface area (TPSA) is 74.6 Å². The van der Waals surface area contributed by atoms with E-state index in [1.54, 1.807) is 0 Å². The largest absolute Gasteiger partial charge is 0.390 e. The fourth-order valence-electron chi connectivity index (χ4n) is 1.23. The van der Waals surface area contributed by atoms with Gasteiger partial charge in [-0.2, -0.15) is 0 Å². The quantitative estimate of drug-likeness (QED) is 0.557. The summed E-state index contributed by atoms with van der Waals surface area (Å²) in [7, 11) is 1.28. The molecule has 0 amide bonds. The van der Waals surface area contributed by atoms with Gasteiger partial charge in [0.05, 0.1) is 12.2 Å². The summed E-state index contributed by atoms with van der Waals surface area (Å²) in [5.41, 5.74) is 0. The Labute approximate surface area is 69.2 Å². The zero-order valence-corrected chi connectivity index (χ0v) is 7.22. The highest BCUT2D eigenvalue weighted by Gasteiger charge is 2.40. The SMILES string of the molecule is O=S(=O)(Cl)[C@@H]1CC[C@@H](O)[C@H]1O. The van der Waals surface area contributed by atoms with E-state index in [1.807, 2.05) is 0 Å². The van der Waals surface area contributed by atoms with E-state index < -0.39 is 26.5 Å². The second-order valence-corrected chi connectivity index (χ2v) is 5.50. The highest BCUT2D eigenvalue weighted by atomic mass is 35.7. The Morgan fingerprint density at radius 2 is 1.82 bits per heavy atom. The van der Waals surface area contributed by atoms with Crippen LogP contribution in [0.15, 0.2) is 0 Å². The Kier molecular flexibility index (Phi) is 2.43. The molecule has 6 heteroatoms. The van der Waals surface area contributed by atoms with Gasteiger partial charge in [-0.1, -0.05) is 0 Å². The molecule has 0 radical (unpaired) electrons. The normalized spacial score (nSPS) is 39.4. The van der Waals surface area contributed by atoms with Crippen molar-refractivity contribution in [3.8, 4) is 0 Å². The molecule has 66 valence electrons. The lowest BCUT2D eigenvalue weighted by Crippen LogP contribution is -2.32. The summed E-state index contributed by atoms with van der Waals surface area (Å²) in [4.78, 5) is 0. The Morgan fingerprint density at radius 1 is 1.27 bits per heavy atom. The van der Waals surface area contributed by atoms with E-state index in [1.165, 1.54) is 0 Å². The first-order valence-corrected chi connectivity index (χ1v) is 5.60. The molecular formula is C5H9ClO4S. The highest BCUT2D eigenvalue weighted by Crippen LogP contribution is 2.27. The van der Waals surface area contributed by atoms with Crippen molar-refractivity contribution >= 4 is 19.7 Å². The molecular weight excluding hydrogens is 192 g/mol. The zero-order valence-electron chi connectivity index (χ0n) is 5.64. The molecule has 1 aliphatic carbocycles. The zero-order chi connectivity index (χ0) is 8.65. The van der Waals surface area contributed by atoms with Crippen molar-refractivity contribution in [2.24, 2.45) is 0 Å². The summed E-state index contributed by atoms with van der Waals surface area (Å²) in [5, 5.41) is 17.0. The Morgan fingerprint density at radius 3 is 2.00 bits per heavy atom. The van der Waals surface area contributed by atoms with Crippen LogP contribution in [0.5, 0.6) is 0 Å². The monoisotopic (exact) mass is 200 g/mol. The van der Waals surface area contributed by atoms with Gasteiger partial charge >= 0.3 is 0 Å². The Balaban J connectivity index is 2.78. The Bertz CT molecular complexity index is 237. The van der Waals surface area contributed by atoms with Crippen LogP contribution in [0.4, 0.5) is 0 Å². The first-order valence-electron chi connectivity index (χ1n) is 3.22. The molecule has 2 N–H and O–H groups in total. The van der Waals surface area contributed by atoms with Crippen LogP contribution in [0, 0.1) is 0 Å². The van der Waals surface area contributed by atoms with E-state index in [-0.39, 0.29) is 12.8 Å². The summed E-state index contributed by atoms with van der Waals surface area (Å²) in [6.07, 6.45) is -1.66. The summed E-state index contributed by atoms with van der Waals surface area (Å²) in [6, 6.07) is 0. The van der Waals surface area contributed by atoms with Gasteiger partial charge in [0, 0.05) is 10.7 Å². The van der Waals surface area contributed by atoms with Crippen LogP contribution in [-0.2, 0) is 9.05 Å². The van der Waals surface area contributed by atoms with E-state index in [0.717, 1.165) is 0 Å². The molecule has 0 unspecified atom stereocenters. The number of hydrogen-bond acceptors (Lipinski definition) is 4. The van der Waals surface area contributed by atoms with Gasteiger partial charge in [-0.3, -0.25) is 0 Å². The molecule has 11 heavy (non-hydrogen) atoms. The maximum atomic E-state index is 10.7. The molecule has 0 spiro atoms. The van der Waals surface area contributed by atoms with Gasteiger partial charge in [0.1, 0.15) is 5.25 Å². The maximum Gasteiger partial charge on any atom is 0.238 e. The van der Waals surface area contributed by atoms with Gasteiger partial charge < -0.3 is 10.2 Å². The van der Waals surface area contributed by atoms with Crippen LogP contribution in [0.1, 0.15) is 12.8 Å². The first kappa shape index (κ1) is 9.25. The third-order valence-corrected chi connectivity index (χ3v) is 3.81. The average molecular weight is 201 g/mol. The third kappa shape index (κ3) is 1.84. The predicted molar refractivity (Wildman–Crippen MR) is 39.8 cm³/mol. The predicted octanol–water partition coefficient (Wildman–Crippen LogP) is -0.561. The fraction of sp³-hybridized carbons (Fsp3) is 1.00. The number of halogens is 1. The lowest BCUT2D eigenvalue weighted by molar-refractivity contribution is 0.0454. The van der Waals surface area contributed by atoms with Gasteiger partial charge in [-0.05, 0) is 12.8 Å². The van der Waals surface area contributed by atoms with Crippen LogP contribution >= 0.6 is 10.7 Å². The van der Waals surface area contributed by atoms with Crippen LogP contribution in [-0.4, -0.2) is 36.1 Å². The van der Waals surface area contributed by atoms with E-state index >= 15 is 0 Å². The lowest BCUT2D eigenvalue weighted by Gasteiger charge is -2.12. The molecule has 0 saturated heterocycles. The van der Waals surface area contributed by atoms with Gasteiger partial charge in [0.15, 0.2) is 0 Å². The summed E-state index contributed by atoms with van der Waals surface area (Å²) >= 11 is 0. The van der Waals surface area contributed by atoms with Crippen molar-refractivity contribution < 1.29 is 18.6 Å². The minimum Gasteiger partial charge on any atom is -0.390 e. The molecule has 1 aliphatic rings. The second kappa shape index (κ2) is 2.90. The van der Waals surface area contributed by atoms with Crippen molar-refractivity contribution in [2.45, 2.75) is 30.3 Å². The molecule has 1 saturated carbocycles. The minimum atomic E-state index is -3.72. The summed E-state index contributed by atoms with van der Waals surface area (Å²) in [5.74, 6) is 0. The van der Waals surface area contributed by atoms with Crippen molar-refractivity contribution in [3.63, 3.8) is 0 Å². The number of aliphatic hydroxyl groups excluding tert-OH is 2. The van der Waals surface area contributed by atoms with Gasteiger partial charge in [0.2, 0.25) is 9.05 Å². The van der Waals surface area contributed by atoms with Crippen molar-refractivity contribution in [2.75, 3.05) is 0 Å². The second-order valence-electron chi connectivity index (χ2n) is 2.65. The smallest absolute Gasteiger partial charge is 0.238 e. The third-order valence-electron chi connectivity index (χ3n) is 1.88. The Hall–Kier alpha value is 0.160. The van der Waals surface area contributed by atoms with Crippen LogP contribution in [0.3, 0.4) is 0 Å². The summed E-state index contributed by atoms with van der Waals surface area (Å²) in [6.45, 7) is 0. The average Bonchev–Trinajstić information content (AvgIpc) is 2.11. The standard InChI is InChI=1S/C5H9ClO4S/c6-11(9,10)4-2-1-3(7)5(4)8/h3-5,7-8H,1-2H2/t3-,4-,5-/m1/s1. The number of rotatable bonds is 1. The van der Waals surface area contributed by atoms with Crippen LogP contribution in [0.25, 0.3) is 0 Å². The number of aliphatic hydroxyl groups is 2. The van der Waals surface area contributed by atoms with E-state index in [4.69, 9.17) is 20.9 Å². The molecule has 0 aliphatic heterocycles. The van der Waals surface area contributed by atoms with Gasteiger partial charge in [-0.15, -0.1) is 0 Å². The van der Waals surface area contributed by atoms with Gasteiger partial charge in [-0.25, -0.2) is 8.42 Å². The fourth-order valence-corrected chi connectivity index (χ4v) is 2.75. The van der Waals surface area contributed by atoms with E-state index in [0.29, 0.717) is 0 Å². The number of hydrogen-bond donors (Lipinski definition) is 2. The molecule has 0 heterocycles. The van der Waals surface area contributed by atoms with Crippen molar-refractivity contribution in [3.05, 3.63) is 0 Å². The molecule has 1 rings (SSSR count). The highest BCUT2D eigenvalue weighted by molar-refractivity contribution is 8.14.